The zero-order valence-corrected chi connectivity index (χ0v) is 15.1. The van der Waals surface area contributed by atoms with Gasteiger partial charge in [-0.05, 0) is 24.3 Å². The Hall–Kier alpha value is -3.90. The Morgan fingerprint density at radius 2 is 1.17 bits per heavy atom. The Bertz CT molecular complexity index is 908. The molecule has 2 atom stereocenters. The molecule has 12 nitrogen and oxygen atoms in total. The third-order valence-electron chi connectivity index (χ3n) is 3.86. The van der Waals surface area contributed by atoms with Gasteiger partial charge in [-0.25, -0.2) is 9.59 Å². The standard InChI is InChI=1S/C18H18O12/c19-5-14(30-18(28)8-3-11(22)16(26)12(23)4-8)13(24)6-29-17(27)7-1-9(20)15(25)10(21)2-7/h1-4,13-14,19-26H,5-6H2/t13-,14-/m0/s1. The molecule has 0 aliphatic carbocycles. The third kappa shape index (κ3) is 4.92. The fraction of sp³-hybridized carbons (Fsp3) is 0.222. The van der Waals surface area contributed by atoms with E-state index in [-0.39, 0.29) is 5.56 Å². The molecule has 12 heteroatoms. The van der Waals surface area contributed by atoms with Crippen molar-refractivity contribution in [2.45, 2.75) is 12.2 Å². The smallest absolute Gasteiger partial charge is 0.338 e. The SMILES string of the molecule is O=C(OC[C@H](O)[C@H](CO)OC(=O)c1cc(O)c(O)c(O)c1)c1cc(O)c(O)c(O)c1. The fourth-order valence-electron chi connectivity index (χ4n) is 2.24. The fourth-order valence-corrected chi connectivity index (χ4v) is 2.24. The minimum atomic E-state index is -1.71. The van der Waals surface area contributed by atoms with Gasteiger partial charge in [0.15, 0.2) is 40.6 Å². The molecule has 2 rings (SSSR count). The van der Waals surface area contributed by atoms with Crippen LogP contribution in [0.3, 0.4) is 0 Å². The highest BCUT2D eigenvalue weighted by Crippen LogP contribution is 2.36. The number of esters is 2. The van der Waals surface area contributed by atoms with Crippen LogP contribution in [0.25, 0.3) is 0 Å². The Balaban J connectivity index is 2.01. The van der Waals surface area contributed by atoms with Crippen molar-refractivity contribution in [3.63, 3.8) is 0 Å². The molecule has 8 N–H and O–H groups in total. The molecule has 162 valence electrons. The summed E-state index contributed by atoms with van der Waals surface area (Å²) < 4.78 is 9.60. The summed E-state index contributed by atoms with van der Waals surface area (Å²) >= 11 is 0. The lowest BCUT2D eigenvalue weighted by atomic mass is 10.1. The molecule has 0 spiro atoms. The normalized spacial score (nSPS) is 12.7. The average Bonchev–Trinajstić information content (AvgIpc) is 2.70. The van der Waals surface area contributed by atoms with Crippen LogP contribution in [0, 0.1) is 0 Å². The first-order chi connectivity index (χ1) is 14.0. The maximum absolute atomic E-state index is 12.1. The zero-order chi connectivity index (χ0) is 22.6. The molecule has 0 fully saturated rings. The van der Waals surface area contributed by atoms with Gasteiger partial charge in [-0.3, -0.25) is 0 Å². The van der Waals surface area contributed by atoms with E-state index in [4.69, 9.17) is 9.47 Å². The van der Waals surface area contributed by atoms with Gasteiger partial charge in [0.2, 0.25) is 0 Å². The molecule has 0 radical (unpaired) electrons. The van der Waals surface area contributed by atoms with Crippen molar-refractivity contribution in [1.29, 1.82) is 0 Å². The highest BCUT2D eigenvalue weighted by atomic mass is 16.6. The summed E-state index contributed by atoms with van der Waals surface area (Å²) in [6, 6.07) is 3.16. The highest BCUT2D eigenvalue weighted by molar-refractivity contribution is 5.91. The topological polar surface area (TPSA) is 214 Å². The molecule has 0 aromatic heterocycles. The van der Waals surface area contributed by atoms with Gasteiger partial charge in [-0.2, -0.15) is 0 Å². The lowest BCUT2D eigenvalue weighted by Gasteiger charge is -2.21. The highest BCUT2D eigenvalue weighted by Gasteiger charge is 2.26. The molecule has 2 aromatic carbocycles. The molecule has 30 heavy (non-hydrogen) atoms. The van der Waals surface area contributed by atoms with E-state index in [1.165, 1.54) is 0 Å². The molecule has 0 aliphatic heterocycles. The molecule has 0 heterocycles. The number of phenolic OH excluding ortho intramolecular Hbond substituents is 6. The van der Waals surface area contributed by atoms with Crippen LogP contribution >= 0.6 is 0 Å². The quantitative estimate of drug-likeness (QED) is 0.211. The molecule has 0 bridgehead atoms. The second-order valence-corrected chi connectivity index (χ2v) is 6.02. The van der Waals surface area contributed by atoms with Crippen molar-refractivity contribution in [1.82, 2.24) is 0 Å². The molecule has 0 aliphatic rings. The predicted molar refractivity (Wildman–Crippen MR) is 95.5 cm³/mol. The predicted octanol–water partition coefficient (Wildman–Crippen LogP) is -0.344. The lowest BCUT2D eigenvalue weighted by Crippen LogP contribution is -2.38. The summed E-state index contributed by atoms with van der Waals surface area (Å²) in [5.74, 6) is -7.19. The molecule has 0 unspecified atom stereocenters. The van der Waals surface area contributed by atoms with Gasteiger partial charge < -0.3 is 50.3 Å². The first kappa shape index (κ1) is 22.4. The zero-order valence-electron chi connectivity index (χ0n) is 15.1. The van der Waals surface area contributed by atoms with E-state index in [9.17, 15) is 50.4 Å². The lowest BCUT2D eigenvalue weighted by molar-refractivity contribution is -0.0611. The van der Waals surface area contributed by atoms with Gasteiger partial charge in [0.25, 0.3) is 0 Å². The van der Waals surface area contributed by atoms with Crippen LogP contribution in [0.2, 0.25) is 0 Å². The Morgan fingerprint density at radius 1 is 0.767 bits per heavy atom. The van der Waals surface area contributed by atoms with Gasteiger partial charge in [0.1, 0.15) is 12.7 Å². The van der Waals surface area contributed by atoms with E-state index >= 15 is 0 Å². The summed E-state index contributed by atoms with van der Waals surface area (Å²) in [4.78, 5) is 24.0. The van der Waals surface area contributed by atoms with E-state index in [1.807, 2.05) is 0 Å². The number of carbonyl (C=O) groups excluding carboxylic acids is 2. The molecular formula is C18H18O12. The van der Waals surface area contributed by atoms with Crippen molar-refractivity contribution in [2.24, 2.45) is 0 Å². The number of ether oxygens (including phenoxy) is 2. The second-order valence-electron chi connectivity index (χ2n) is 6.02. The van der Waals surface area contributed by atoms with Crippen molar-refractivity contribution >= 4 is 11.9 Å². The van der Waals surface area contributed by atoms with Crippen LogP contribution in [-0.2, 0) is 9.47 Å². The molecular weight excluding hydrogens is 408 g/mol. The molecule has 0 saturated carbocycles. The van der Waals surface area contributed by atoms with Crippen LogP contribution in [-0.4, -0.2) is 78.2 Å². The third-order valence-corrected chi connectivity index (χ3v) is 3.86. The number of phenols is 6. The van der Waals surface area contributed by atoms with Crippen LogP contribution in [0.4, 0.5) is 0 Å². The minimum absolute atomic E-state index is 0.359. The number of rotatable bonds is 7. The van der Waals surface area contributed by atoms with Crippen molar-refractivity contribution in [3.8, 4) is 34.5 Å². The number of carbonyl (C=O) groups is 2. The summed E-state index contributed by atoms with van der Waals surface area (Å²) in [5, 5.41) is 75.5. The Kier molecular flexibility index (Phi) is 6.77. The number of aromatic hydroxyl groups is 6. The number of hydrogen-bond acceptors (Lipinski definition) is 12. The maximum atomic E-state index is 12.1. The minimum Gasteiger partial charge on any atom is -0.504 e. The Labute approximate surface area is 168 Å². The summed E-state index contributed by atoms with van der Waals surface area (Å²) in [7, 11) is 0. The molecule has 2 aromatic rings. The van der Waals surface area contributed by atoms with Gasteiger partial charge in [-0.1, -0.05) is 0 Å². The summed E-state index contributed by atoms with van der Waals surface area (Å²) in [6.45, 7) is -1.66. The van der Waals surface area contributed by atoms with Crippen molar-refractivity contribution in [3.05, 3.63) is 35.4 Å². The molecule has 0 amide bonds. The van der Waals surface area contributed by atoms with Gasteiger partial charge in [-0.15, -0.1) is 0 Å². The van der Waals surface area contributed by atoms with Gasteiger partial charge in [0.05, 0.1) is 17.7 Å². The second kappa shape index (κ2) is 9.07. The molecule has 0 saturated heterocycles. The first-order valence-corrected chi connectivity index (χ1v) is 8.22. The van der Waals surface area contributed by atoms with E-state index in [0.29, 0.717) is 0 Å². The van der Waals surface area contributed by atoms with Crippen LogP contribution < -0.4 is 0 Å². The van der Waals surface area contributed by atoms with E-state index in [2.05, 4.69) is 0 Å². The number of hydrogen-bond donors (Lipinski definition) is 8. The number of aliphatic hydroxyl groups excluding tert-OH is 2. The average molecular weight is 426 g/mol. The van der Waals surface area contributed by atoms with Gasteiger partial charge >= 0.3 is 11.9 Å². The van der Waals surface area contributed by atoms with Crippen molar-refractivity contribution < 1.29 is 59.9 Å². The number of aliphatic hydroxyl groups is 2. The summed E-state index contributed by atoms with van der Waals surface area (Å²) in [6.07, 6.45) is -3.29. The largest absolute Gasteiger partial charge is 0.504 e. The van der Waals surface area contributed by atoms with Crippen LogP contribution in [0.5, 0.6) is 34.5 Å². The van der Waals surface area contributed by atoms with Crippen LogP contribution in [0.1, 0.15) is 20.7 Å². The van der Waals surface area contributed by atoms with E-state index in [0.717, 1.165) is 24.3 Å². The maximum Gasteiger partial charge on any atom is 0.338 e. The van der Waals surface area contributed by atoms with Crippen molar-refractivity contribution in [2.75, 3.05) is 13.2 Å². The summed E-state index contributed by atoms with van der Waals surface area (Å²) in [5.41, 5.74) is -0.761. The van der Waals surface area contributed by atoms with Gasteiger partial charge in [0, 0.05) is 0 Å². The number of benzene rings is 2. The van der Waals surface area contributed by atoms with E-state index < -0.39 is 77.4 Å². The van der Waals surface area contributed by atoms with E-state index in [1.54, 1.807) is 0 Å². The monoisotopic (exact) mass is 426 g/mol. The first-order valence-electron chi connectivity index (χ1n) is 8.22. The Morgan fingerprint density at radius 3 is 1.57 bits per heavy atom. The van der Waals surface area contributed by atoms with Crippen LogP contribution in [0.15, 0.2) is 24.3 Å².